The average molecular weight is 766 g/mol. The van der Waals surface area contributed by atoms with Gasteiger partial charge >= 0.3 is 0 Å². The van der Waals surface area contributed by atoms with Crippen molar-refractivity contribution in [2.24, 2.45) is 0 Å². The predicted octanol–water partition coefficient (Wildman–Crippen LogP) is 17.6. The van der Waals surface area contributed by atoms with Gasteiger partial charge in [-0.1, -0.05) is 162 Å². The molecule has 0 bridgehead atoms. The van der Waals surface area contributed by atoms with Gasteiger partial charge in [0.25, 0.3) is 0 Å². The Morgan fingerprint density at radius 1 is 0.621 bits per heavy atom. The Morgan fingerprint density at radius 3 is 1.74 bits per heavy atom. The highest BCUT2D eigenvalue weighted by Crippen LogP contribution is 2.34. The molecule has 2 nitrogen and oxygen atoms in total. The summed E-state index contributed by atoms with van der Waals surface area (Å²) in [7, 11) is 0. The van der Waals surface area contributed by atoms with Gasteiger partial charge in [-0.2, -0.15) is 0 Å². The molecule has 0 atom stereocenters. The van der Waals surface area contributed by atoms with E-state index in [0.29, 0.717) is 0 Å². The summed E-state index contributed by atoms with van der Waals surface area (Å²) in [5.41, 5.74) is 17.6. The van der Waals surface area contributed by atoms with Crippen LogP contribution in [0.25, 0.3) is 44.9 Å². The van der Waals surface area contributed by atoms with Gasteiger partial charge in [0.1, 0.15) is 11.3 Å². The second kappa shape index (κ2) is 23.0. The van der Waals surface area contributed by atoms with E-state index in [1.807, 2.05) is 58.9 Å². The first-order chi connectivity index (χ1) is 28.0. The number of benzene rings is 4. The van der Waals surface area contributed by atoms with Crippen molar-refractivity contribution in [2.75, 3.05) is 5.32 Å². The van der Waals surface area contributed by atoms with Gasteiger partial charge in [0.05, 0.1) is 0 Å². The SMILES string of the molecule is C=C/C=C\C(=C(C)C)C(/C=C(\C)C(=C)/C=C(\C=C)c1ccc(Nc2ccc(-c3cccc(-c4ccc5oc(C)c(/C=C\C=C)c5c4)c3)cc2)cc1)=C(C)C.CC.CC. The molecule has 0 aliphatic carbocycles. The number of anilines is 2. The van der Waals surface area contributed by atoms with Crippen LogP contribution in [0.4, 0.5) is 11.4 Å². The second-order valence-corrected chi connectivity index (χ2v) is 13.8. The third kappa shape index (κ3) is 12.1. The van der Waals surface area contributed by atoms with Crippen LogP contribution in [-0.2, 0) is 0 Å². The van der Waals surface area contributed by atoms with Crippen molar-refractivity contribution in [1.29, 1.82) is 0 Å². The number of fused-ring (bicyclic) bond motifs is 1. The van der Waals surface area contributed by atoms with E-state index in [0.717, 1.165) is 78.2 Å². The molecule has 0 amide bonds. The topological polar surface area (TPSA) is 25.2 Å². The molecule has 0 radical (unpaired) electrons. The van der Waals surface area contributed by atoms with E-state index < -0.39 is 0 Å². The first kappa shape index (κ1) is 46.0. The van der Waals surface area contributed by atoms with Gasteiger partial charge in [0.2, 0.25) is 0 Å². The molecule has 0 spiro atoms. The Hall–Kier alpha value is -6.38. The minimum Gasteiger partial charge on any atom is -0.461 e. The van der Waals surface area contributed by atoms with E-state index in [-0.39, 0.29) is 0 Å². The summed E-state index contributed by atoms with van der Waals surface area (Å²) >= 11 is 0. The van der Waals surface area contributed by atoms with Crippen LogP contribution in [-0.4, -0.2) is 0 Å². The zero-order valence-electron chi connectivity index (χ0n) is 36.6. The zero-order valence-corrected chi connectivity index (χ0v) is 36.6. The fraction of sp³-hybridized carbons (Fsp3) is 0.179. The van der Waals surface area contributed by atoms with Crippen LogP contribution in [0.1, 0.15) is 79.2 Å². The Bertz CT molecular complexity index is 2380. The molecule has 298 valence electrons. The summed E-state index contributed by atoms with van der Waals surface area (Å²) in [6.45, 7) is 36.8. The lowest BCUT2D eigenvalue weighted by atomic mass is 9.93. The van der Waals surface area contributed by atoms with E-state index in [1.165, 1.54) is 22.3 Å². The largest absolute Gasteiger partial charge is 0.461 e. The molecule has 0 unspecified atom stereocenters. The lowest BCUT2D eigenvalue weighted by Gasteiger charge is -2.13. The number of rotatable bonds is 14. The van der Waals surface area contributed by atoms with Crippen molar-refractivity contribution in [3.8, 4) is 22.3 Å². The van der Waals surface area contributed by atoms with Crippen LogP contribution in [0.2, 0.25) is 0 Å². The Kier molecular flexibility index (Phi) is 18.2. The van der Waals surface area contributed by atoms with Crippen LogP contribution in [0.3, 0.4) is 0 Å². The Labute approximate surface area is 350 Å². The fourth-order valence-electron chi connectivity index (χ4n) is 6.38. The molecule has 0 aliphatic rings. The number of nitrogens with one attached hydrogen (secondary N) is 1. The highest BCUT2D eigenvalue weighted by molar-refractivity contribution is 5.92. The van der Waals surface area contributed by atoms with Crippen molar-refractivity contribution in [3.63, 3.8) is 0 Å². The summed E-state index contributed by atoms with van der Waals surface area (Å²) in [4.78, 5) is 0. The smallest absolute Gasteiger partial charge is 0.134 e. The van der Waals surface area contributed by atoms with Crippen molar-refractivity contribution in [2.45, 2.75) is 69.2 Å². The maximum atomic E-state index is 6.00. The number of allylic oxidation sites excluding steroid dienone is 15. The molecule has 1 aromatic heterocycles. The van der Waals surface area contributed by atoms with E-state index in [9.17, 15) is 0 Å². The number of furan rings is 1. The fourth-order valence-corrected chi connectivity index (χ4v) is 6.38. The molecule has 0 saturated carbocycles. The first-order valence-electron chi connectivity index (χ1n) is 20.3. The maximum absolute atomic E-state index is 6.00. The molecule has 58 heavy (non-hydrogen) atoms. The third-order valence-corrected chi connectivity index (χ3v) is 9.42. The summed E-state index contributed by atoms with van der Waals surface area (Å²) in [5.74, 6) is 0.901. The van der Waals surface area contributed by atoms with Crippen LogP contribution in [0.15, 0.2) is 204 Å². The van der Waals surface area contributed by atoms with E-state index in [2.05, 4.69) is 182 Å². The van der Waals surface area contributed by atoms with Crippen LogP contribution < -0.4 is 5.32 Å². The molecule has 0 aliphatic heterocycles. The molecule has 0 saturated heterocycles. The highest BCUT2D eigenvalue weighted by atomic mass is 16.3. The van der Waals surface area contributed by atoms with Crippen LogP contribution >= 0.6 is 0 Å². The minimum absolute atomic E-state index is 0.886. The zero-order chi connectivity index (χ0) is 42.8. The van der Waals surface area contributed by atoms with Gasteiger partial charge in [-0.25, -0.2) is 0 Å². The Morgan fingerprint density at radius 2 is 1.17 bits per heavy atom. The van der Waals surface area contributed by atoms with E-state index in [1.54, 1.807) is 6.08 Å². The van der Waals surface area contributed by atoms with E-state index in [4.69, 9.17) is 4.42 Å². The monoisotopic (exact) mass is 765 g/mol. The van der Waals surface area contributed by atoms with Gasteiger partial charge in [0.15, 0.2) is 0 Å². The molecular weight excluding hydrogens is 703 g/mol. The number of hydrogen-bond acceptors (Lipinski definition) is 2. The molecule has 5 rings (SSSR count). The summed E-state index contributed by atoms with van der Waals surface area (Å²) < 4.78 is 6.00. The summed E-state index contributed by atoms with van der Waals surface area (Å²) in [6.07, 6.45) is 17.9. The summed E-state index contributed by atoms with van der Waals surface area (Å²) in [5, 5.41) is 4.65. The molecule has 4 aromatic carbocycles. The second-order valence-electron chi connectivity index (χ2n) is 13.8. The first-order valence-corrected chi connectivity index (χ1v) is 20.3. The number of hydrogen-bond donors (Lipinski definition) is 1. The predicted molar refractivity (Wildman–Crippen MR) is 261 cm³/mol. The normalized spacial score (nSPS) is 11.3. The average Bonchev–Trinajstić information content (AvgIpc) is 3.56. The van der Waals surface area contributed by atoms with Gasteiger partial charge < -0.3 is 9.73 Å². The van der Waals surface area contributed by atoms with Crippen LogP contribution in [0.5, 0.6) is 0 Å². The Balaban J connectivity index is 0.00000218. The quantitative estimate of drug-likeness (QED) is 0.114. The minimum atomic E-state index is 0.886. The summed E-state index contributed by atoms with van der Waals surface area (Å²) in [6, 6.07) is 32.1. The molecule has 0 fully saturated rings. The van der Waals surface area contributed by atoms with E-state index >= 15 is 0 Å². The van der Waals surface area contributed by atoms with Crippen molar-refractivity contribution >= 4 is 34.0 Å². The molecule has 1 heterocycles. The molecular formula is C56H63NO. The lowest BCUT2D eigenvalue weighted by Crippen LogP contribution is -1.93. The van der Waals surface area contributed by atoms with Crippen molar-refractivity contribution in [1.82, 2.24) is 0 Å². The van der Waals surface area contributed by atoms with Gasteiger partial charge in [0, 0.05) is 22.3 Å². The van der Waals surface area contributed by atoms with Gasteiger partial charge in [-0.15, -0.1) is 0 Å². The number of aryl methyl sites for hydroxylation is 1. The third-order valence-electron chi connectivity index (χ3n) is 9.42. The standard InChI is InChI=1S/C52H51NO.2C2H6/c1-11-14-19-48(35(4)5)50(36(6)7)32-38(9)37(8)31-40(13-3)41-21-26-46(27-22-41)53-47-28-23-42(24-29-47)43-17-16-18-44(33-43)45-25-30-52-51(34-45)49(20-15-12-2)39(10)54-52;2*1-2/h11-34,53H,1-3,8H2,4-7,9-10H3;2*1-2H3/b19-14-,20-15-,38-32+,40-31+;;. The van der Waals surface area contributed by atoms with Crippen LogP contribution in [0, 0.1) is 6.92 Å². The molecule has 1 N–H and O–H groups in total. The van der Waals surface area contributed by atoms with Gasteiger partial charge in [-0.3, -0.25) is 0 Å². The molecule has 2 heteroatoms. The maximum Gasteiger partial charge on any atom is 0.134 e. The van der Waals surface area contributed by atoms with Crippen molar-refractivity contribution < 1.29 is 4.42 Å². The van der Waals surface area contributed by atoms with Gasteiger partial charge in [-0.05, 0) is 146 Å². The lowest BCUT2D eigenvalue weighted by molar-refractivity contribution is 0.577. The van der Waals surface area contributed by atoms with Crippen molar-refractivity contribution in [3.05, 3.63) is 216 Å². The highest BCUT2D eigenvalue weighted by Gasteiger charge is 2.11. The molecule has 5 aromatic rings.